The van der Waals surface area contributed by atoms with Crippen LogP contribution in [-0.4, -0.2) is 10.9 Å². The van der Waals surface area contributed by atoms with Gasteiger partial charge in [0.05, 0.1) is 0 Å². The number of carbonyl (C=O) groups is 1. The second-order valence-corrected chi connectivity index (χ2v) is 3.20. The van der Waals surface area contributed by atoms with Crippen molar-refractivity contribution < 1.29 is 9.90 Å². The van der Waals surface area contributed by atoms with Gasteiger partial charge in [-0.1, -0.05) is 19.3 Å². The summed E-state index contributed by atoms with van der Waals surface area (Å²) in [4.78, 5) is 11.0. The molecule has 0 bridgehead atoms. The van der Waals surface area contributed by atoms with Crippen LogP contribution < -0.4 is 0 Å². The summed E-state index contributed by atoms with van der Waals surface area (Å²) in [6.45, 7) is 0. The van der Waals surface area contributed by atoms with Gasteiger partial charge in [-0.3, -0.25) is 4.79 Å². The quantitative estimate of drug-likeness (QED) is 0.582. The van der Waals surface area contributed by atoms with Gasteiger partial charge in [-0.15, -0.1) is 0 Å². The van der Waals surface area contributed by atoms with E-state index in [2.05, 4.69) is 0 Å². The molecule has 0 atom stereocenters. The highest BCUT2D eigenvalue weighted by molar-refractivity contribution is 5.79. The summed E-state index contributed by atoms with van der Waals surface area (Å²) in [5, 5.41) is 9.21. The van der Waals surface area contributed by atoms with Crippen molar-refractivity contribution in [3.8, 4) is 0 Å². The van der Waals surface area contributed by atoms with Gasteiger partial charge in [0.2, 0.25) is 0 Å². The van der Waals surface area contributed by atoms with Gasteiger partial charge in [0, 0.05) is 12.8 Å². The van der Waals surface area contributed by atoms with E-state index >= 15 is 0 Å². The minimum atomic E-state index is 0.199. The van der Waals surface area contributed by atoms with Crippen molar-refractivity contribution in [2.75, 3.05) is 0 Å². The van der Waals surface area contributed by atoms with Crippen LogP contribution in [0, 0.1) is 6.10 Å². The molecule has 1 aliphatic rings. The lowest BCUT2D eigenvalue weighted by atomic mass is 10.1. The summed E-state index contributed by atoms with van der Waals surface area (Å²) in [5.41, 5.74) is 0. The van der Waals surface area contributed by atoms with E-state index in [4.69, 9.17) is 0 Å². The van der Waals surface area contributed by atoms with Gasteiger partial charge in [-0.25, -0.2) is 0 Å². The second kappa shape index (κ2) is 4.50. The first kappa shape index (κ1) is 8.72. The van der Waals surface area contributed by atoms with E-state index in [0.29, 0.717) is 18.9 Å². The molecule has 0 saturated heterocycles. The van der Waals surface area contributed by atoms with Crippen LogP contribution in [0.5, 0.6) is 0 Å². The van der Waals surface area contributed by atoms with E-state index in [1.165, 1.54) is 0 Å². The zero-order chi connectivity index (χ0) is 8.10. The van der Waals surface area contributed by atoms with Crippen molar-refractivity contribution >= 4 is 5.78 Å². The summed E-state index contributed by atoms with van der Waals surface area (Å²) in [7, 11) is 0. The highest BCUT2D eigenvalue weighted by atomic mass is 16.3. The van der Waals surface area contributed by atoms with Gasteiger partial charge in [0.15, 0.2) is 0 Å². The molecule has 1 rings (SSSR count). The van der Waals surface area contributed by atoms with E-state index in [1.54, 1.807) is 0 Å². The monoisotopic (exact) mass is 155 g/mol. The average Bonchev–Trinajstić information content (AvgIpc) is 2.02. The zero-order valence-electron chi connectivity index (χ0n) is 6.81. The second-order valence-electron chi connectivity index (χ2n) is 3.20. The van der Waals surface area contributed by atoms with E-state index in [1.807, 2.05) is 0 Å². The van der Waals surface area contributed by atoms with Crippen LogP contribution in [0.4, 0.5) is 0 Å². The maximum Gasteiger partial charge on any atom is 0.135 e. The highest BCUT2D eigenvalue weighted by Crippen LogP contribution is 2.18. The van der Waals surface area contributed by atoms with Crippen molar-refractivity contribution in [1.82, 2.24) is 0 Å². The molecule has 0 aliphatic heterocycles. The molecule has 0 amide bonds. The van der Waals surface area contributed by atoms with Crippen LogP contribution in [0.25, 0.3) is 0 Å². The number of hydrogen-bond donors (Lipinski definition) is 1. The Balaban J connectivity index is 2.33. The molecule has 0 aromatic rings. The van der Waals surface area contributed by atoms with Gasteiger partial charge in [0.25, 0.3) is 0 Å². The number of hydrogen-bond acceptors (Lipinski definition) is 2. The first-order valence-corrected chi connectivity index (χ1v) is 4.34. The Morgan fingerprint density at radius 3 is 2.36 bits per heavy atom. The highest BCUT2D eigenvalue weighted by Gasteiger charge is 2.13. The number of Topliss-reactive ketones (excluding diaryl/α,β-unsaturated/α-hetero) is 1. The molecule has 1 radical (unpaired) electrons. The van der Waals surface area contributed by atoms with Crippen LogP contribution in [0.1, 0.15) is 44.9 Å². The number of aliphatic hydroxyl groups is 1. The maximum absolute atomic E-state index is 11.0. The summed E-state index contributed by atoms with van der Waals surface area (Å²) in [6.07, 6.45) is 6.41. The third-order valence-electron chi connectivity index (χ3n) is 2.07. The summed E-state index contributed by atoms with van der Waals surface area (Å²) >= 11 is 0. The molecule has 0 aromatic heterocycles. The van der Waals surface area contributed by atoms with Gasteiger partial charge < -0.3 is 5.11 Å². The molecule has 1 saturated carbocycles. The van der Waals surface area contributed by atoms with Gasteiger partial charge in [0.1, 0.15) is 11.9 Å². The van der Waals surface area contributed by atoms with Crippen molar-refractivity contribution in [3.63, 3.8) is 0 Å². The first-order valence-electron chi connectivity index (χ1n) is 4.34. The van der Waals surface area contributed by atoms with Crippen molar-refractivity contribution in [1.29, 1.82) is 0 Å². The lowest BCUT2D eigenvalue weighted by Crippen LogP contribution is -2.04. The van der Waals surface area contributed by atoms with Crippen molar-refractivity contribution in [3.05, 3.63) is 6.10 Å². The molecule has 11 heavy (non-hydrogen) atoms. The van der Waals surface area contributed by atoms with Crippen LogP contribution in [0.15, 0.2) is 0 Å². The smallest absolute Gasteiger partial charge is 0.135 e. The van der Waals surface area contributed by atoms with Crippen LogP contribution >= 0.6 is 0 Å². The molecule has 1 fully saturated rings. The van der Waals surface area contributed by atoms with Crippen LogP contribution in [0.2, 0.25) is 0 Å². The van der Waals surface area contributed by atoms with Crippen molar-refractivity contribution in [2.45, 2.75) is 44.9 Å². The van der Waals surface area contributed by atoms with Crippen LogP contribution in [0.3, 0.4) is 0 Å². The minimum absolute atomic E-state index is 0.199. The molecule has 0 unspecified atom stereocenters. The zero-order valence-corrected chi connectivity index (χ0v) is 6.81. The fraction of sp³-hybridized carbons (Fsp3) is 0.778. The molecule has 1 aliphatic carbocycles. The lowest BCUT2D eigenvalue weighted by Gasteiger charge is -2.04. The third-order valence-corrected chi connectivity index (χ3v) is 2.07. The largest absolute Gasteiger partial charge is 0.386 e. The fourth-order valence-corrected chi connectivity index (χ4v) is 1.41. The molecular weight excluding hydrogens is 140 g/mol. The SMILES string of the molecule is O=C1CCCCCC[C](O)C1. The Labute approximate surface area is 67.6 Å². The number of aliphatic hydroxyl groups excluding tert-OH is 1. The van der Waals surface area contributed by atoms with Gasteiger partial charge in [-0.2, -0.15) is 0 Å². The van der Waals surface area contributed by atoms with E-state index in [-0.39, 0.29) is 5.78 Å². The molecule has 2 heteroatoms. The molecule has 0 aromatic carbocycles. The van der Waals surface area contributed by atoms with Crippen LogP contribution in [-0.2, 0) is 4.79 Å². The fourth-order valence-electron chi connectivity index (χ4n) is 1.41. The molecule has 0 spiro atoms. The summed E-state index contributed by atoms with van der Waals surface area (Å²) < 4.78 is 0. The summed E-state index contributed by atoms with van der Waals surface area (Å²) in [6, 6.07) is 0. The number of rotatable bonds is 0. The van der Waals surface area contributed by atoms with Crippen molar-refractivity contribution in [2.24, 2.45) is 0 Å². The Morgan fingerprint density at radius 1 is 1.00 bits per heavy atom. The normalized spacial score (nSPS) is 23.9. The van der Waals surface area contributed by atoms with E-state index in [0.717, 1.165) is 32.1 Å². The number of ketones is 1. The standard InChI is InChI=1S/C9H15O2/c10-8-5-3-1-2-4-6-9(11)7-8/h10H,1-7H2. The predicted molar refractivity (Wildman–Crippen MR) is 42.5 cm³/mol. The topological polar surface area (TPSA) is 37.3 Å². The van der Waals surface area contributed by atoms with E-state index < -0.39 is 0 Å². The lowest BCUT2D eigenvalue weighted by molar-refractivity contribution is -0.119. The van der Waals surface area contributed by atoms with Gasteiger partial charge >= 0.3 is 0 Å². The molecule has 1 N–H and O–H groups in total. The summed E-state index contributed by atoms with van der Waals surface area (Å²) in [5.74, 6) is 0.199. The van der Waals surface area contributed by atoms with Gasteiger partial charge in [-0.05, 0) is 12.8 Å². The predicted octanol–water partition coefficient (Wildman–Crippen LogP) is 2.20. The Morgan fingerprint density at radius 2 is 1.64 bits per heavy atom. The Bertz CT molecular complexity index is 132. The molecule has 2 nitrogen and oxygen atoms in total. The third kappa shape index (κ3) is 3.51. The number of carbonyl (C=O) groups excluding carboxylic acids is 1. The average molecular weight is 155 g/mol. The molecule has 63 valence electrons. The molecular formula is C9H15O2. The first-order chi connectivity index (χ1) is 5.29. The van der Waals surface area contributed by atoms with E-state index in [9.17, 15) is 9.90 Å². The maximum atomic E-state index is 11.0. The minimum Gasteiger partial charge on any atom is -0.386 e. The molecule has 0 heterocycles. The Hall–Kier alpha value is -0.370. The Kier molecular flexibility index (Phi) is 3.57.